The van der Waals surface area contributed by atoms with Gasteiger partial charge in [-0.15, -0.1) is 0 Å². The number of nitrogens with zero attached hydrogens (tertiary/aromatic N) is 3. The lowest BCUT2D eigenvalue weighted by molar-refractivity contribution is -0.123. The molecule has 0 radical (unpaired) electrons. The van der Waals surface area contributed by atoms with Crippen LogP contribution < -0.4 is 10.6 Å². The van der Waals surface area contributed by atoms with Crippen molar-refractivity contribution in [3.63, 3.8) is 0 Å². The number of rotatable bonds is 7. The monoisotopic (exact) mass is 241 g/mol. The van der Waals surface area contributed by atoms with Crippen LogP contribution in [-0.4, -0.2) is 47.0 Å². The lowest BCUT2D eigenvalue weighted by atomic mass is 10.3. The zero-order valence-electron chi connectivity index (χ0n) is 10.4. The van der Waals surface area contributed by atoms with E-state index in [4.69, 9.17) is 4.74 Å². The number of aromatic nitrogens is 3. The summed E-state index contributed by atoms with van der Waals surface area (Å²) < 4.78 is 6.52. The fourth-order valence-electron chi connectivity index (χ4n) is 1.25. The maximum Gasteiger partial charge on any atom is 0.236 e. The molecule has 1 aromatic heterocycles. The molecule has 0 fully saturated rings. The van der Waals surface area contributed by atoms with Gasteiger partial charge in [-0.2, -0.15) is 5.10 Å². The molecule has 0 bridgehead atoms. The molecule has 17 heavy (non-hydrogen) atoms. The number of nitrogens with one attached hydrogen (secondary N) is 2. The minimum Gasteiger partial charge on any atom is -0.383 e. The number of aryl methyl sites for hydroxylation is 1. The van der Waals surface area contributed by atoms with Crippen LogP contribution in [0.25, 0.3) is 0 Å². The quantitative estimate of drug-likeness (QED) is 0.602. The third kappa shape index (κ3) is 4.49. The molecule has 0 aliphatic rings. The van der Waals surface area contributed by atoms with Gasteiger partial charge < -0.3 is 10.1 Å². The Morgan fingerprint density at radius 2 is 2.41 bits per heavy atom. The van der Waals surface area contributed by atoms with Gasteiger partial charge in [0.05, 0.1) is 19.2 Å². The highest BCUT2D eigenvalue weighted by Crippen LogP contribution is 1.91. The summed E-state index contributed by atoms with van der Waals surface area (Å²) in [5, 5.41) is 9.78. The molecule has 2 N–H and O–H groups in total. The van der Waals surface area contributed by atoms with E-state index >= 15 is 0 Å². The third-order valence-corrected chi connectivity index (χ3v) is 2.37. The number of hydrogen-bond acceptors (Lipinski definition) is 5. The van der Waals surface area contributed by atoms with Crippen molar-refractivity contribution in [2.45, 2.75) is 19.5 Å². The van der Waals surface area contributed by atoms with Crippen molar-refractivity contribution in [1.29, 1.82) is 0 Å². The van der Waals surface area contributed by atoms with Crippen LogP contribution >= 0.6 is 0 Å². The second-order valence-electron chi connectivity index (χ2n) is 3.69. The van der Waals surface area contributed by atoms with Gasteiger partial charge in [-0.1, -0.05) is 0 Å². The molecule has 96 valence electrons. The van der Waals surface area contributed by atoms with Crippen LogP contribution in [0.3, 0.4) is 0 Å². The second kappa shape index (κ2) is 6.97. The first-order valence-corrected chi connectivity index (χ1v) is 5.48. The van der Waals surface area contributed by atoms with Crippen molar-refractivity contribution in [2.75, 3.05) is 20.3 Å². The van der Waals surface area contributed by atoms with E-state index in [1.54, 1.807) is 18.7 Å². The van der Waals surface area contributed by atoms with E-state index in [2.05, 4.69) is 20.7 Å². The Kier molecular flexibility index (Phi) is 5.58. The Bertz CT molecular complexity index is 352. The van der Waals surface area contributed by atoms with Gasteiger partial charge >= 0.3 is 0 Å². The van der Waals surface area contributed by atoms with Crippen molar-refractivity contribution in [3.05, 3.63) is 12.2 Å². The minimum atomic E-state index is -0.274. The maximum absolute atomic E-state index is 11.6. The third-order valence-electron chi connectivity index (χ3n) is 2.37. The van der Waals surface area contributed by atoms with Crippen LogP contribution in [0.15, 0.2) is 6.33 Å². The van der Waals surface area contributed by atoms with Gasteiger partial charge in [0.25, 0.3) is 0 Å². The Morgan fingerprint density at radius 1 is 1.65 bits per heavy atom. The molecule has 1 aromatic rings. The highest BCUT2D eigenvalue weighted by atomic mass is 16.5. The van der Waals surface area contributed by atoms with Crippen molar-refractivity contribution >= 4 is 5.91 Å². The highest BCUT2D eigenvalue weighted by Gasteiger charge is 2.12. The smallest absolute Gasteiger partial charge is 0.236 e. The number of methoxy groups -OCH3 is 1. The van der Waals surface area contributed by atoms with Crippen LogP contribution in [0.2, 0.25) is 0 Å². The van der Waals surface area contributed by atoms with E-state index in [0.29, 0.717) is 19.7 Å². The van der Waals surface area contributed by atoms with Crippen molar-refractivity contribution in [1.82, 2.24) is 25.4 Å². The van der Waals surface area contributed by atoms with Gasteiger partial charge in [-0.05, 0) is 6.92 Å². The first kappa shape index (κ1) is 13.6. The Labute approximate surface area is 101 Å². The summed E-state index contributed by atoms with van der Waals surface area (Å²) >= 11 is 0. The number of carbonyl (C=O) groups is 1. The molecule has 1 amide bonds. The molecule has 0 saturated carbocycles. The van der Waals surface area contributed by atoms with Crippen LogP contribution in [-0.2, 0) is 23.1 Å². The van der Waals surface area contributed by atoms with E-state index in [1.807, 2.05) is 7.05 Å². The first-order valence-electron chi connectivity index (χ1n) is 5.48. The zero-order chi connectivity index (χ0) is 12.7. The zero-order valence-corrected chi connectivity index (χ0v) is 10.4. The van der Waals surface area contributed by atoms with Crippen LogP contribution in [0.5, 0.6) is 0 Å². The van der Waals surface area contributed by atoms with Crippen molar-refractivity contribution in [2.24, 2.45) is 7.05 Å². The van der Waals surface area contributed by atoms with E-state index < -0.39 is 0 Å². The number of carbonyl (C=O) groups excluding carboxylic acids is 1. The molecule has 1 atom stereocenters. The standard InChI is InChI=1S/C10H19N5O2/c1-8(10(16)11-4-5-17-3)12-6-9-13-7-14-15(9)2/h7-8,12H,4-6H2,1-3H3,(H,11,16). The lowest BCUT2D eigenvalue weighted by Gasteiger charge is -2.13. The molecule has 1 rings (SSSR count). The summed E-state index contributed by atoms with van der Waals surface area (Å²) in [5.41, 5.74) is 0. The summed E-state index contributed by atoms with van der Waals surface area (Å²) in [6.07, 6.45) is 1.49. The molecule has 0 spiro atoms. The van der Waals surface area contributed by atoms with E-state index in [0.717, 1.165) is 5.82 Å². The fourth-order valence-corrected chi connectivity index (χ4v) is 1.25. The SMILES string of the molecule is COCCNC(=O)C(C)NCc1ncnn1C. The molecular weight excluding hydrogens is 222 g/mol. The summed E-state index contributed by atoms with van der Waals surface area (Å²) in [6.45, 7) is 3.35. The molecule has 0 aliphatic heterocycles. The van der Waals surface area contributed by atoms with Gasteiger partial charge in [-0.25, -0.2) is 4.98 Å². The van der Waals surface area contributed by atoms with Crippen molar-refractivity contribution in [3.8, 4) is 0 Å². The summed E-state index contributed by atoms with van der Waals surface area (Å²) in [6, 6.07) is -0.274. The Morgan fingerprint density at radius 3 is 3.00 bits per heavy atom. The number of ether oxygens (including phenoxy) is 1. The number of amides is 1. The second-order valence-corrected chi connectivity index (χ2v) is 3.69. The molecule has 7 heteroatoms. The van der Waals surface area contributed by atoms with Gasteiger partial charge in [0.15, 0.2) is 0 Å². The van der Waals surface area contributed by atoms with Crippen molar-refractivity contribution < 1.29 is 9.53 Å². The molecule has 0 aromatic carbocycles. The average Bonchev–Trinajstić information content (AvgIpc) is 2.72. The predicted molar refractivity (Wildman–Crippen MR) is 62.2 cm³/mol. The molecule has 1 unspecified atom stereocenters. The topological polar surface area (TPSA) is 81.1 Å². The van der Waals surface area contributed by atoms with Gasteiger partial charge in [0.2, 0.25) is 5.91 Å². The molecule has 0 saturated heterocycles. The van der Waals surface area contributed by atoms with E-state index in [1.165, 1.54) is 6.33 Å². The normalized spacial score (nSPS) is 12.4. The molecule has 7 nitrogen and oxygen atoms in total. The highest BCUT2D eigenvalue weighted by molar-refractivity contribution is 5.81. The van der Waals surface area contributed by atoms with E-state index in [9.17, 15) is 4.79 Å². The van der Waals surface area contributed by atoms with Crippen LogP contribution in [0.1, 0.15) is 12.7 Å². The Hall–Kier alpha value is -1.47. The molecular formula is C10H19N5O2. The first-order chi connectivity index (χ1) is 8.15. The fraction of sp³-hybridized carbons (Fsp3) is 0.700. The van der Waals surface area contributed by atoms with E-state index in [-0.39, 0.29) is 11.9 Å². The summed E-state index contributed by atoms with van der Waals surface area (Å²) in [4.78, 5) is 15.7. The van der Waals surface area contributed by atoms with Gasteiger partial charge in [-0.3, -0.25) is 14.8 Å². The molecule has 0 aliphatic carbocycles. The van der Waals surface area contributed by atoms with Crippen LogP contribution in [0.4, 0.5) is 0 Å². The average molecular weight is 241 g/mol. The predicted octanol–water partition coefficient (Wildman–Crippen LogP) is -0.944. The minimum absolute atomic E-state index is 0.0516. The maximum atomic E-state index is 11.6. The van der Waals surface area contributed by atoms with Gasteiger partial charge in [0.1, 0.15) is 12.2 Å². The lowest BCUT2D eigenvalue weighted by Crippen LogP contribution is -2.43. The van der Waals surface area contributed by atoms with Crippen LogP contribution in [0, 0.1) is 0 Å². The van der Waals surface area contributed by atoms with Gasteiger partial charge in [0, 0.05) is 20.7 Å². The summed E-state index contributed by atoms with van der Waals surface area (Å²) in [5.74, 6) is 0.741. The number of hydrogen-bond donors (Lipinski definition) is 2. The summed E-state index contributed by atoms with van der Waals surface area (Å²) in [7, 11) is 3.41. The Balaban J connectivity index is 2.27. The molecule has 1 heterocycles. The largest absolute Gasteiger partial charge is 0.383 e.